The molecule has 1 aromatic carbocycles. The number of piperidine rings is 1. The van der Waals surface area contributed by atoms with Crippen molar-refractivity contribution in [3.63, 3.8) is 0 Å². The van der Waals surface area contributed by atoms with Crippen LogP contribution >= 0.6 is 0 Å². The molecule has 2 unspecified atom stereocenters. The van der Waals surface area contributed by atoms with E-state index in [1.54, 1.807) is 0 Å². The fourth-order valence-electron chi connectivity index (χ4n) is 3.01. The van der Waals surface area contributed by atoms with Gasteiger partial charge in [0.05, 0.1) is 0 Å². The van der Waals surface area contributed by atoms with Crippen LogP contribution in [0.1, 0.15) is 38.2 Å². The van der Waals surface area contributed by atoms with Gasteiger partial charge in [0, 0.05) is 12.6 Å². The summed E-state index contributed by atoms with van der Waals surface area (Å²) in [7, 11) is 0. The predicted molar refractivity (Wildman–Crippen MR) is 77.7 cm³/mol. The summed E-state index contributed by atoms with van der Waals surface area (Å²) in [4.78, 5) is 2.59. The van der Waals surface area contributed by atoms with E-state index in [0.29, 0.717) is 12.0 Å². The second kappa shape index (κ2) is 6.35. The van der Waals surface area contributed by atoms with Gasteiger partial charge in [-0.1, -0.05) is 44.2 Å². The van der Waals surface area contributed by atoms with Gasteiger partial charge in [0.2, 0.25) is 0 Å². The zero-order valence-corrected chi connectivity index (χ0v) is 11.7. The third-order valence-corrected chi connectivity index (χ3v) is 4.43. The van der Waals surface area contributed by atoms with Crippen LogP contribution in [-0.4, -0.2) is 30.6 Å². The maximum absolute atomic E-state index is 6.03. The Bertz CT molecular complexity index is 341. The lowest BCUT2D eigenvalue weighted by Gasteiger charge is -2.39. The molecular weight excluding hydrogens is 220 g/mol. The Hall–Kier alpha value is -0.860. The third-order valence-electron chi connectivity index (χ3n) is 4.43. The minimum Gasteiger partial charge on any atom is -0.329 e. The first-order valence-electron chi connectivity index (χ1n) is 7.21. The van der Waals surface area contributed by atoms with Gasteiger partial charge < -0.3 is 5.73 Å². The molecule has 1 aliphatic heterocycles. The Morgan fingerprint density at radius 3 is 2.39 bits per heavy atom. The van der Waals surface area contributed by atoms with Crippen molar-refractivity contribution in [2.45, 2.75) is 38.6 Å². The van der Waals surface area contributed by atoms with Crippen LogP contribution < -0.4 is 5.73 Å². The quantitative estimate of drug-likeness (QED) is 0.885. The fraction of sp³-hybridized carbons (Fsp3) is 0.625. The van der Waals surface area contributed by atoms with Crippen molar-refractivity contribution in [1.82, 2.24) is 4.90 Å². The van der Waals surface area contributed by atoms with E-state index in [9.17, 15) is 0 Å². The van der Waals surface area contributed by atoms with Crippen molar-refractivity contribution >= 4 is 0 Å². The molecule has 0 aliphatic carbocycles. The molecule has 1 fully saturated rings. The van der Waals surface area contributed by atoms with Crippen molar-refractivity contribution < 1.29 is 0 Å². The summed E-state index contributed by atoms with van der Waals surface area (Å²) in [5.41, 5.74) is 7.44. The largest absolute Gasteiger partial charge is 0.329 e. The molecule has 0 amide bonds. The van der Waals surface area contributed by atoms with Gasteiger partial charge in [-0.15, -0.1) is 0 Å². The molecule has 0 aromatic heterocycles. The van der Waals surface area contributed by atoms with E-state index in [1.807, 2.05) is 0 Å². The lowest BCUT2D eigenvalue weighted by molar-refractivity contribution is 0.126. The van der Waals surface area contributed by atoms with E-state index < -0.39 is 0 Å². The van der Waals surface area contributed by atoms with Crippen LogP contribution in [0, 0.1) is 5.92 Å². The van der Waals surface area contributed by atoms with Crippen molar-refractivity contribution in [3.05, 3.63) is 35.9 Å². The highest BCUT2D eigenvalue weighted by atomic mass is 15.2. The Morgan fingerprint density at radius 2 is 1.83 bits per heavy atom. The summed E-state index contributed by atoms with van der Waals surface area (Å²) in [6.45, 7) is 7.84. The molecule has 0 saturated carbocycles. The molecular formula is C16H26N2. The van der Waals surface area contributed by atoms with Gasteiger partial charge >= 0.3 is 0 Å². The highest BCUT2D eigenvalue weighted by Crippen LogP contribution is 2.26. The molecule has 1 saturated heterocycles. The number of hydrogen-bond donors (Lipinski definition) is 1. The predicted octanol–water partition coefficient (Wildman–Crippen LogP) is 2.85. The minimum absolute atomic E-state index is 0.486. The monoisotopic (exact) mass is 246 g/mol. The lowest BCUT2D eigenvalue weighted by atomic mass is 9.89. The van der Waals surface area contributed by atoms with Crippen LogP contribution in [-0.2, 0) is 0 Å². The van der Waals surface area contributed by atoms with Crippen LogP contribution in [0.2, 0.25) is 0 Å². The smallest absolute Gasteiger partial charge is 0.0284 e. The third kappa shape index (κ3) is 3.12. The van der Waals surface area contributed by atoms with E-state index in [-0.39, 0.29) is 0 Å². The first-order chi connectivity index (χ1) is 8.72. The molecule has 1 aromatic rings. The van der Waals surface area contributed by atoms with Crippen molar-refractivity contribution in [1.29, 1.82) is 0 Å². The van der Waals surface area contributed by atoms with Gasteiger partial charge in [0.1, 0.15) is 0 Å². The molecule has 0 radical (unpaired) electrons. The second-order valence-electron chi connectivity index (χ2n) is 5.72. The lowest BCUT2D eigenvalue weighted by Crippen LogP contribution is -2.47. The number of benzene rings is 1. The number of hydrogen-bond acceptors (Lipinski definition) is 2. The Morgan fingerprint density at radius 1 is 1.22 bits per heavy atom. The van der Waals surface area contributed by atoms with E-state index in [0.717, 1.165) is 12.5 Å². The maximum Gasteiger partial charge on any atom is 0.0284 e. The van der Waals surface area contributed by atoms with Crippen LogP contribution in [0.5, 0.6) is 0 Å². The zero-order chi connectivity index (χ0) is 13.0. The Kier molecular flexibility index (Phi) is 4.79. The standard InChI is InChI=1S/C16H26N2/c1-13-8-10-18(11-9-13)16(12-17)14(2)15-6-4-3-5-7-15/h3-7,13-14,16H,8-12,17H2,1-2H3. The summed E-state index contributed by atoms with van der Waals surface area (Å²) in [6.07, 6.45) is 2.63. The minimum atomic E-state index is 0.486. The highest BCUT2D eigenvalue weighted by molar-refractivity contribution is 5.20. The summed E-state index contributed by atoms with van der Waals surface area (Å²) < 4.78 is 0. The average Bonchev–Trinajstić information content (AvgIpc) is 2.42. The SMILES string of the molecule is CC1CCN(C(CN)C(C)c2ccccc2)CC1. The molecule has 100 valence electrons. The molecule has 1 heterocycles. The highest BCUT2D eigenvalue weighted by Gasteiger charge is 2.27. The molecule has 0 spiro atoms. The molecule has 2 heteroatoms. The van der Waals surface area contributed by atoms with Crippen molar-refractivity contribution in [3.8, 4) is 0 Å². The molecule has 2 nitrogen and oxygen atoms in total. The summed E-state index contributed by atoms with van der Waals surface area (Å²) in [6, 6.07) is 11.3. The van der Waals surface area contributed by atoms with E-state index >= 15 is 0 Å². The van der Waals surface area contributed by atoms with E-state index in [4.69, 9.17) is 5.73 Å². The molecule has 1 aliphatic rings. The van der Waals surface area contributed by atoms with Gasteiger partial charge in [-0.05, 0) is 43.3 Å². The van der Waals surface area contributed by atoms with E-state index in [2.05, 4.69) is 49.1 Å². The van der Waals surface area contributed by atoms with Gasteiger partial charge in [-0.3, -0.25) is 4.90 Å². The first kappa shape index (κ1) is 13.6. The number of nitrogens with two attached hydrogens (primary N) is 1. The van der Waals surface area contributed by atoms with Crippen molar-refractivity contribution in [2.24, 2.45) is 11.7 Å². The summed E-state index contributed by atoms with van der Waals surface area (Å²) in [5.74, 6) is 1.40. The Balaban J connectivity index is 2.04. The van der Waals surface area contributed by atoms with Crippen LogP contribution in [0.25, 0.3) is 0 Å². The van der Waals surface area contributed by atoms with Gasteiger partial charge in [-0.25, -0.2) is 0 Å². The Labute approximate surface area is 111 Å². The first-order valence-corrected chi connectivity index (χ1v) is 7.21. The fourth-order valence-corrected chi connectivity index (χ4v) is 3.01. The number of likely N-dealkylation sites (tertiary alicyclic amines) is 1. The molecule has 2 rings (SSSR count). The van der Waals surface area contributed by atoms with Crippen LogP contribution in [0.4, 0.5) is 0 Å². The number of rotatable bonds is 4. The topological polar surface area (TPSA) is 29.3 Å². The number of nitrogens with zero attached hydrogens (tertiary/aromatic N) is 1. The van der Waals surface area contributed by atoms with Gasteiger partial charge in [0.25, 0.3) is 0 Å². The normalized spacial score (nSPS) is 21.7. The zero-order valence-electron chi connectivity index (χ0n) is 11.7. The molecule has 2 N–H and O–H groups in total. The van der Waals surface area contributed by atoms with E-state index in [1.165, 1.54) is 31.5 Å². The molecule has 0 bridgehead atoms. The van der Waals surface area contributed by atoms with Crippen LogP contribution in [0.3, 0.4) is 0 Å². The second-order valence-corrected chi connectivity index (χ2v) is 5.72. The molecule has 18 heavy (non-hydrogen) atoms. The van der Waals surface area contributed by atoms with Crippen LogP contribution in [0.15, 0.2) is 30.3 Å². The maximum atomic E-state index is 6.03. The van der Waals surface area contributed by atoms with Gasteiger partial charge in [-0.2, -0.15) is 0 Å². The molecule has 2 atom stereocenters. The summed E-state index contributed by atoms with van der Waals surface area (Å²) >= 11 is 0. The van der Waals surface area contributed by atoms with Crippen molar-refractivity contribution in [2.75, 3.05) is 19.6 Å². The van der Waals surface area contributed by atoms with Gasteiger partial charge in [0.15, 0.2) is 0 Å². The summed E-state index contributed by atoms with van der Waals surface area (Å²) in [5, 5.41) is 0. The average molecular weight is 246 g/mol.